The van der Waals surface area contributed by atoms with Crippen molar-refractivity contribution in [2.45, 2.75) is 12.5 Å². The van der Waals surface area contributed by atoms with Gasteiger partial charge in [-0.1, -0.05) is 0 Å². The van der Waals surface area contributed by atoms with Gasteiger partial charge in [0.1, 0.15) is 0 Å². The number of halogens is 1. The Labute approximate surface area is 69.0 Å². The Hall–Kier alpha value is 0.650. The van der Waals surface area contributed by atoms with Gasteiger partial charge in [-0.05, 0) is 6.42 Å². The van der Waals surface area contributed by atoms with E-state index in [2.05, 4.69) is 26.0 Å². The van der Waals surface area contributed by atoms with Crippen molar-refractivity contribution >= 4 is 22.9 Å². The lowest BCUT2D eigenvalue weighted by Crippen LogP contribution is -2.50. The quantitative estimate of drug-likeness (QED) is 0.463. The minimum absolute atomic E-state index is 0.579. The molecule has 52 valence electrons. The van der Waals surface area contributed by atoms with Gasteiger partial charge in [-0.2, -0.15) is 0 Å². The van der Waals surface area contributed by atoms with Crippen molar-refractivity contribution < 1.29 is 4.74 Å². The van der Waals surface area contributed by atoms with Gasteiger partial charge in [0, 0.05) is 41.9 Å². The van der Waals surface area contributed by atoms with E-state index in [9.17, 15) is 0 Å². The summed E-state index contributed by atoms with van der Waals surface area (Å²) >= 11 is 2.37. The number of nitrogens with zero attached hydrogens (tertiary/aromatic N) is 1. The van der Waals surface area contributed by atoms with Crippen LogP contribution in [0.2, 0.25) is 0 Å². The van der Waals surface area contributed by atoms with E-state index < -0.39 is 0 Å². The summed E-state index contributed by atoms with van der Waals surface area (Å²) in [4.78, 5) is 0. The van der Waals surface area contributed by atoms with Crippen molar-refractivity contribution in [3.63, 3.8) is 0 Å². The summed E-state index contributed by atoms with van der Waals surface area (Å²) in [5.74, 6) is 0.899. The maximum atomic E-state index is 5.36. The first kappa shape index (κ1) is 6.37. The van der Waals surface area contributed by atoms with E-state index in [0.717, 1.165) is 19.1 Å². The minimum Gasteiger partial charge on any atom is -0.376 e. The van der Waals surface area contributed by atoms with Crippen LogP contribution in [0, 0.1) is 5.92 Å². The van der Waals surface area contributed by atoms with Crippen molar-refractivity contribution in [3.8, 4) is 0 Å². The summed E-state index contributed by atoms with van der Waals surface area (Å²) in [6.45, 7) is 3.42. The molecule has 0 spiro atoms. The van der Waals surface area contributed by atoms with E-state index >= 15 is 0 Å². The highest BCUT2D eigenvalue weighted by atomic mass is 127. The van der Waals surface area contributed by atoms with Crippen LogP contribution in [-0.2, 0) is 4.74 Å². The number of piperidine rings is 1. The van der Waals surface area contributed by atoms with Crippen LogP contribution in [0.15, 0.2) is 0 Å². The smallest absolute Gasteiger partial charge is 0.0760 e. The summed E-state index contributed by atoms with van der Waals surface area (Å²) in [6.07, 6.45) is 1.92. The highest BCUT2D eigenvalue weighted by Gasteiger charge is 2.36. The molecule has 0 aromatic rings. The van der Waals surface area contributed by atoms with E-state index in [1.165, 1.54) is 13.0 Å². The van der Waals surface area contributed by atoms with Crippen LogP contribution in [-0.4, -0.2) is 28.9 Å². The molecule has 2 heterocycles. The predicted octanol–water partition coefficient (Wildman–Crippen LogP) is 1.06. The van der Waals surface area contributed by atoms with Crippen molar-refractivity contribution in [3.05, 3.63) is 0 Å². The van der Waals surface area contributed by atoms with Crippen LogP contribution < -0.4 is 0 Å². The maximum absolute atomic E-state index is 5.36. The van der Waals surface area contributed by atoms with Gasteiger partial charge in [0.25, 0.3) is 0 Å². The monoisotopic (exact) mass is 239 g/mol. The van der Waals surface area contributed by atoms with Gasteiger partial charge in [0.2, 0.25) is 0 Å². The highest BCUT2D eigenvalue weighted by Crippen LogP contribution is 2.30. The molecule has 3 heteroatoms. The zero-order chi connectivity index (χ0) is 6.27. The first-order valence-electron chi connectivity index (χ1n) is 3.38. The average molecular weight is 239 g/mol. The van der Waals surface area contributed by atoms with Crippen LogP contribution in [0.3, 0.4) is 0 Å². The van der Waals surface area contributed by atoms with Gasteiger partial charge in [0.05, 0.1) is 12.7 Å². The molecule has 2 aliphatic heterocycles. The molecule has 2 saturated heterocycles. The fourth-order valence-corrected chi connectivity index (χ4v) is 2.10. The minimum atomic E-state index is 0.579. The molecule has 2 aliphatic rings. The molecular formula is C6H10INO. The lowest BCUT2D eigenvalue weighted by atomic mass is 9.91. The fourth-order valence-electron chi connectivity index (χ4n) is 1.43. The molecule has 9 heavy (non-hydrogen) atoms. The third-order valence-corrected chi connectivity index (χ3v) is 3.05. The lowest BCUT2D eigenvalue weighted by molar-refractivity contribution is -0.135. The molecule has 2 nitrogen and oxygen atoms in total. The lowest BCUT2D eigenvalue weighted by Gasteiger charge is -2.43. The molecule has 2 atom stereocenters. The summed E-state index contributed by atoms with van der Waals surface area (Å²) in [5, 5.41) is 0. The van der Waals surface area contributed by atoms with E-state index in [1.54, 1.807) is 0 Å². The second-order valence-electron chi connectivity index (χ2n) is 2.79. The molecule has 2 fully saturated rings. The summed E-state index contributed by atoms with van der Waals surface area (Å²) < 4.78 is 7.68. The van der Waals surface area contributed by atoms with Gasteiger partial charge in [-0.25, -0.2) is 3.11 Å². The second-order valence-corrected chi connectivity index (χ2v) is 4.15. The number of ether oxygens (including phenoxy) is 1. The summed E-state index contributed by atoms with van der Waals surface area (Å²) in [5.41, 5.74) is 0. The van der Waals surface area contributed by atoms with Crippen LogP contribution in [0.1, 0.15) is 6.42 Å². The average Bonchev–Trinajstić information content (AvgIpc) is 1.78. The van der Waals surface area contributed by atoms with Crippen molar-refractivity contribution in [2.75, 3.05) is 19.7 Å². The van der Waals surface area contributed by atoms with Crippen LogP contribution in [0.4, 0.5) is 0 Å². The SMILES string of the molecule is IN1CCC2COC2C1. The Morgan fingerprint density at radius 3 is 2.89 bits per heavy atom. The van der Waals surface area contributed by atoms with E-state index in [1.807, 2.05) is 0 Å². The molecule has 0 saturated carbocycles. The first-order chi connectivity index (χ1) is 4.36. The molecule has 0 N–H and O–H groups in total. The largest absolute Gasteiger partial charge is 0.376 e. The molecule has 2 unspecified atom stereocenters. The van der Waals surface area contributed by atoms with Gasteiger partial charge in [-0.15, -0.1) is 0 Å². The third kappa shape index (κ3) is 1.10. The Kier molecular flexibility index (Phi) is 1.67. The van der Waals surface area contributed by atoms with E-state index in [0.29, 0.717) is 6.10 Å². The van der Waals surface area contributed by atoms with Gasteiger partial charge in [-0.3, -0.25) is 0 Å². The number of hydrogen-bond donors (Lipinski definition) is 0. The summed E-state index contributed by atoms with van der Waals surface area (Å²) in [6, 6.07) is 0. The Balaban J connectivity index is 1.92. The second kappa shape index (κ2) is 2.36. The molecule has 0 aromatic carbocycles. The number of hydrogen-bond acceptors (Lipinski definition) is 2. The number of rotatable bonds is 0. The zero-order valence-corrected chi connectivity index (χ0v) is 7.37. The zero-order valence-electron chi connectivity index (χ0n) is 5.22. The molecule has 0 aliphatic carbocycles. The van der Waals surface area contributed by atoms with Crippen molar-refractivity contribution in [2.24, 2.45) is 5.92 Å². The third-order valence-electron chi connectivity index (χ3n) is 2.17. The molecule has 2 rings (SSSR count). The maximum Gasteiger partial charge on any atom is 0.0760 e. The van der Waals surface area contributed by atoms with Crippen LogP contribution in [0.25, 0.3) is 0 Å². The topological polar surface area (TPSA) is 12.5 Å². The highest BCUT2D eigenvalue weighted by molar-refractivity contribution is 14.1. The molecule has 0 radical (unpaired) electrons. The standard InChI is InChI=1S/C6H10INO/c7-8-2-1-5-4-9-6(5)3-8/h5-6H,1-4H2. The number of fused-ring (bicyclic) bond motifs is 1. The van der Waals surface area contributed by atoms with E-state index in [4.69, 9.17) is 4.74 Å². The van der Waals surface area contributed by atoms with Crippen LogP contribution in [0.5, 0.6) is 0 Å². The Bertz CT molecular complexity index is 120. The molecule has 0 amide bonds. The predicted molar refractivity (Wildman–Crippen MR) is 43.4 cm³/mol. The van der Waals surface area contributed by atoms with Crippen molar-refractivity contribution in [1.82, 2.24) is 3.11 Å². The van der Waals surface area contributed by atoms with Crippen molar-refractivity contribution in [1.29, 1.82) is 0 Å². The summed E-state index contributed by atoms with van der Waals surface area (Å²) in [7, 11) is 0. The Morgan fingerprint density at radius 1 is 1.56 bits per heavy atom. The molecule has 0 bridgehead atoms. The van der Waals surface area contributed by atoms with Gasteiger partial charge >= 0.3 is 0 Å². The van der Waals surface area contributed by atoms with Gasteiger partial charge < -0.3 is 4.74 Å². The normalized spacial score (nSPS) is 43.7. The fraction of sp³-hybridized carbons (Fsp3) is 1.00. The van der Waals surface area contributed by atoms with E-state index in [-0.39, 0.29) is 0 Å². The Morgan fingerprint density at radius 2 is 2.44 bits per heavy atom. The molecule has 0 aromatic heterocycles. The van der Waals surface area contributed by atoms with Crippen LogP contribution >= 0.6 is 22.9 Å². The first-order valence-corrected chi connectivity index (χ1v) is 4.35. The van der Waals surface area contributed by atoms with Gasteiger partial charge in [0.15, 0.2) is 0 Å². The molecular weight excluding hydrogens is 229 g/mol.